The molecule has 22 heavy (non-hydrogen) atoms. The highest BCUT2D eigenvalue weighted by molar-refractivity contribution is 5.79. The maximum absolute atomic E-state index is 5.69. The molecule has 0 aromatic rings. The van der Waals surface area contributed by atoms with E-state index in [0.717, 1.165) is 70.8 Å². The molecule has 0 aromatic heterocycles. The fraction of sp³-hybridized carbons (Fsp3) is 0.941. The topological polar surface area (TPSA) is 54.9 Å². The minimum atomic E-state index is 0.600. The van der Waals surface area contributed by atoms with Crippen LogP contribution in [0.1, 0.15) is 46.5 Å². The summed E-state index contributed by atoms with van der Waals surface area (Å²) in [6.07, 6.45) is 4.55. The Morgan fingerprint density at radius 2 is 2.18 bits per heavy atom. The van der Waals surface area contributed by atoms with Crippen molar-refractivity contribution in [3.05, 3.63) is 0 Å². The van der Waals surface area contributed by atoms with Crippen molar-refractivity contribution in [1.82, 2.24) is 10.6 Å². The van der Waals surface area contributed by atoms with Gasteiger partial charge in [0.2, 0.25) is 0 Å². The molecule has 1 rings (SSSR count). The Balaban J connectivity index is 2.04. The number of rotatable bonds is 11. The second-order valence-corrected chi connectivity index (χ2v) is 6.38. The van der Waals surface area contributed by atoms with Crippen LogP contribution in [-0.4, -0.2) is 52.0 Å². The van der Waals surface area contributed by atoms with E-state index in [9.17, 15) is 0 Å². The van der Waals surface area contributed by atoms with Crippen LogP contribution in [0.25, 0.3) is 0 Å². The molecule has 0 aliphatic carbocycles. The highest BCUT2D eigenvalue weighted by Crippen LogP contribution is 2.12. The summed E-state index contributed by atoms with van der Waals surface area (Å²) in [6, 6.07) is 0. The zero-order chi connectivity index (χ0) is 16.0. The molecule has 1 saturated heterocycles. The lowest BCUT2D eigenvalue weighted by Gasteiger charge is -2.12. The van der Waals surface area contributed by atoms with Crippen LogP contribution in [0.3, 0.4) is 0 Å². The highest BCUT2D eigenvalue weighted by Gasteiger charge is 2.15. The van der Waals surface area contributed by atoms with E-state index in [1.54, 1.807) is 0 Å². The molecule has 1 aliphatic heterocycles. The van der Waals surface area contributed by atoms with Crippen LogP contribution >= 0.6 is 0 Å². The first-order valence-electron chi connectivity index (χ1n) is 8.90. The largest absolute Gasteiger partial charge is 0.381 e. The smallest absolute Gasteiger partial charge is 0.191 e. The summed E-state index contributed by atoms with van der Waals surface area (Å²) in [5.74, 6) is 2.29. The van der Waals surface area contributed by atoms with Crippen LogP contribution in [0.4, 0.5) is 0 Å². The summed E-state index contributed by atoms with van der Waals surface area (Å²) in [5, 5.41) is 6.68. The monoisotopic (exact) mass is 313 g/mol. The summed E-state index contributed by atoms with van der Waals surface area (Å²) >= 11 is 0. The normalized spacial score (nSPS) is 18.9. The van der Waals surface area contributed by atoms with E-state index in [2.05, 4.69) is 36.4 Å². The first-order valence-corrected chi connectivity index (χ1v) is 8.90. The van der Waals surface area contributed by atoms with E-state index in [0.29, 0.717) is 5.92 Å². The second-order valence-electron chi connectivity index (χ2n) is 6.38. The van der Waals surface area contributed by atoms with E-state index in [-0.39, 0.29) is 0 Å². The van der Waals surface area contributed by atoms with Gasteiger partial charge in [0, 0.05) is 38.8 Å². The van der Waals surface area contributed by atoms with Gasteiger partial charge in [-0.2, -0.15) is 0 Å². The molecule has 1 heterocycles. The standard InChI is InChI=1S/C17H35N3O2/c1-4-18-17(19-9-5-7-15(2)3)20-10-6-11-21-13-16-8-12-22-14-16/h15-16H,4-14H2,1-3H3,(H2,18,19,20). The van der Waals surface area contributed by atoms with Crippen molar-refractivity contribution >= 4 is 5.96 Å². The Kier molecular flexibility index (Phi) is 11.1. The first-order chi connectivity index (χ1) is 10.7. The molecule has 5 heteroatoms. The Morgan fingerprint density at radius 1 is 1.32 bits per heavy atom. The van der Waals surface area contributed by atoms with Gasteiger partial charge in [0.1, 0.15) is 0 Å². The fourth-order valence-electron chi connectivity index (χ4n) is 2.38. The van der Waals surface area contributed by atoms with Gasteiger partial charge in [-0.05, 0) is 38.5 Å². The predicted molar refractivity (Wildman–Crippen MR) is 92.4 cm³/mol. The SMILES string of the molecule is CCNC(=NCCCOCC1CCOC1)NCCCC(C)C. The molecule has 1 unspecified atom stereocenters. The molecule has 1 fully saturated rings. The van der Waals surface area contributed by atoms with Gasteiger partial charge in [0.25, 0.3) is 0 Å². The van der Waals surface area contributed by atoms with Gasteiger partial charge in [-0.25, -0.2) is 0 Å². The molecule has 1 aliphatic rings. The molecule has 0 bridgehead atoms. The van der Waals surface area contributed by atoms with Crippen LogP contribution in [0.15, 0.2) is 4.99 Å². The zero-order valence-electron chi connectivity index (χ0n) is 14.7. The number of nitrogens with one attached hydrogen (secondary N) is 2. The molecule has 5 nitrogen and oxygen atoms in total. The van der Waals surface area contributed by atoms with Crippen molar-refractivity contribution in [2.45, 2.75) is 46.5 Å². The lowest BCUT2D eigenvalue weighted by molar-refractivity contribution is 0.0893. The van der Waals surface area contributed by atoms with Crippen LogP contribution in [0.5, 0.6) is 0 Å². The molecular formula is C17H35N3O2. The Labute approximate surface area is 136 Å². The third kappa shape index (κ3) is 10.0. The molecule has 1 atom stereocenters. The number of hydrogen-bond donors (Lipinski definition) is 2. The minimum Gasteiger partial charge on any atom is -0.381 e. The van der Waals surface area contributed by atoms with Crippen LogP contribution in [0, 0.1) is 11.8 Å². The van der Waals surface area contributed by atoms with Crippen LogP contribution in [0.2, 0.25) is 0 Å². The first kappa shape index (κ1) is 19.2. The molecule has 130 valence electrons. The molecule has 0 saturated carbocycles. The van der Waals surface area contributed by atoms with E-state index in [1.165, 1.54) is 12.8 Å². The molecule has 0 spiro atoms. The molecule has 0 amide bonds. The summed E-state index contributed by atoms with van der Waals surface area (Å²) in [4.78, 5) is 4.59. The van der Waals surface area contributed by atoms with Gasteiger partial charge in [0.15, 0.2) is 5.96 Å². The van der Waals surface area contributed by atoms with Crippen LogP contribution < -0.4 is 10.6 Å². The van der Waals surface area contributed by atoms with Crippen molar-refractivity contribution < 1.29 is 9.47 Å². The van der Waals surface area contributed by atoms with Crippen molar-refractivity contribution in [3.8, 4) is 0 Å². The number of aliphatic imine (C=N–C) groups is 1. The quantitative estimate of drug-likeness (QED) is 0.349. The average molecular weight is 313 g/mol. The Morgan fingerprint density at radius 3 is 2.86 bits per heavy atom. The molecular weight excluding hydrogens is 278 g/mol. The van der Waals surface area contributed by atoms with Gasteiger partial charge in [-0.3, -0.25) is 4.99 Å². The third-order valence-corrected chi connectivity index (χ3v) is 3.69. The minimum absolute atomic E-state index is 0.600. The van der Waals surface area contributed by atoms with Gasteiger partial charge >= 0.3 is 0 Å². The maximum atomic E-state index is 5.69. The van der Waals surface area contributed by atoms with Gasteiger partial charge in [0.05, 0.1) is 13.2 Å². The van der Waals surface area contributed by atoms with Gasteiger partial charge in [-0.1, -0.05) is 13.8 Å². The van der Waals surface area contributed by atoms with E-state index >= 15 is 0 Å². The highest BCUT2D eigenvalue weighted by atomic mass is 16.5. The number of ether oxygens (including phenoxy) is 2. The second kappa shape index (κ2) is 12.7. The lowest BCUT2D eigenvalue weighted by Crippen LogP contribution is -2.38. The zero-order valence-corrected chi connectivity index (χ0v) is 14.7. The van der Waals surface area contributed by atoms with Crippen LogP contribution in [-0.2, 0) is 9.47 Å². The van der Waals surface area contributed by atoms with Gasteiger partial charge < -0.3 is 20.1 Å². The third-order valence-electron chi connectivity index (χ3n) is 3.69. The summed E-state index contributed by atoms with van der Waals surface area (Å²) in [6.45, 7) is 12.7. The van der Waals surface area contributed by atoms with Gasteiger partial charge in [-0.15, -0.1) is 0 Å². The van der Waals surface area contributed by atoms with E-state index in [4.69, 9.17) is 9.47 Å². The lowest BCUT2D eigenvalue weighted by atomic mass is 10.1. The summed E-state index contributed by atoms with van der Waals surface area (Å²) in [7, 11) is 0. The number of nitrogens with zero attached hydrogens (tertiary/aromatic N) is 1. The molecule has 0 radical (unpaired) electrons. The van der Waals surface area contributed by atoms with E-state index < -0.39 is 0 Å². The Bertz CT molecular complexity index is 290. The predicted octanol–water partition coefficient (Wildman–Crippen LogP) is 2.42. The summed E-state index contributed by atoms with van der Waals surface area (Å²) < 4.78 is 11.0. The number of guanidine groups is 1. The van der Waals surface area contributed by atoms with Crippen molar-refractivity contribution in [2.75, 3.05) is 46.1 Å². The van der Waals surface area contributed by atoms with Crippen molar-refractivity contribution in [3.63, 3.8) is 0 Å². The van der Waals surface area contributed by atoms with E-state index in [1.807, 2.05) is 0 Å². The Hall–Kier alpha value is -0.810. The number of hydrogen-bond acceptors (Lipinski definition) is 3. The molecule has 2 N–H and O–H groups in total. The average Bonchev–Trinajstić information content (AvgIpc) is 3.00. The van der Waals surface area contributed by atoms with Crippen molar-refractivity contribution in [1.29, 1.82) is 0 Å². The molecule has 0 aromatic carbocycles. The fourth-order valence-corrected chi connectivity index (χ4v) is 2.38. The maximum Gasteiger partial charge on any atom is 0.191 e. The van der Waals surface area contributed by atoms with Crippen molar-refractivity contribution in [2.24, 2.45) is 16.8 Å². The summed E-state index contributed by atoms with van der Waals surface area (Å²) in [5.41, 5.74) is 0.